The lowest BCUT2D eigenvalue weighted by atomic mass is 9.78. The van der Waals surface area contributed by atoms with Crippen LogP contribution in [0.5, 0.6) is 0 Å². The van der Waals surface area contributed by atoms with Gasteiger partial charge < -0.3 is 5.11 Å². The summed E-state index contributed by atoms with van der Waals surface area (Å²) in [6, 6.07) is 10.3. The molecule has 1 N–H and O–H groups in total. The zero-order chi connectivity index (χ0) is 10.7. The first-order chi connectivity index (χ1) is 7.27. The minimum absolute atomic E-state index is 0.135. The van der Waals surface area contributed by atoms with Crippen LogP contribution < -0.4 is 0 Å². The Bertz CT molecular complexity index is 332. The lowest BCUT2D eigenvalue weighted by Gasteiger charge is -2.26. The van der Waals surface area contributed by atoms with Crippen molar-refractivity contribution < 1.29 is 9.90 Å². The Labute approximate surface area is 89.9 Å². The van der Waals surface area contributed by atoms with Crippen molar-refractivity contribution in [3.8, 4) is 0 Å². The Morgan fingerprint density at radius 1 is 1.20 bits per heavy atom. The van der Waals surface area contributed by atoms with Crippen LogP contribution in [0.25, 0.3) is 0 Å². The molecule has 80 valence electrons. The lowest BCUT2D eigenvalue weighted by molar-refractivity contribution is -0.142. The van der Waals surface area contributed by atoms with E-state index in [0.29, 0.717) is 5.92 Å². The Kier molecular flexibility index (Phi) is 3.05. The second kappa shape index (κ2) is 4.47. The SMILES string of the molecule is O=C(O)[C@H]1CCC[C@H](c2ccccc2)C1. The number of carboxylic acids is 1. The summed E-state index contributed by atoms with van der Waals surface area (Å²) in [4.78, 5) is 10.9. The van der Waals surface area contributed by atoms with Crippen LogP contribution in [-0.4, -0.2) is 11.1 Å². The van der Waals surface area contributed by atoms with Gasteiger partial charge in [0, 0.05) is 0 Å². The van der Waals surface area contributed by atoms with Crippen molar-refractivity contribution in [2.75, 3.05) is 0 Å². The van der Waals surface area contributed by atoms with Crippen LogP contribution in [0, 0.1) is 5.92 Å². The van der Waals surface area contributed by atoms with Crippen molar-refractivity contribution in [1.29, 1.82) is 0 Å². The minimum Gasteiger partial charge on any atom is -0.481 e. The van der Waals surface area contributed by atoms with Crippen LogP contribution in [-0.2, 0) is 4.79 Å². The molecule has 0 unspecified atom stereocenters. The molecule has 1 saturated carbocycles. The molecule has 0 heterocycles. The largest absolute Gasteiger partial charge is 0.481 e. The Morgan fingerprint density at radius 2 is 1.93 bits per heavy atom. The van der Waals surface area contributed by atoms with Gasteiger partial charge in [-0.05, 0) is 30.7 Å². The summed E-state index contributed by atoms with van der Waals surface area (Å²) in [5.41, 5.74) is 1.29. The Balaban J connectivity index is 2.08. The van der Waals surface area contributed by atoms with Crippen molar-refractivity contribution in [3.63, 3.8) is 0 Å². The highest BCUT2D eigenvalue weighted by Gasteiger charge is 2.27. The molecule has 2 rings (SSSR count). The van der Waals surface area contributed by atoms with Gasteiger partial charge in [0.1, 0.15) is 0 Å². The molecule has 0 amide bonds. The van der Waals surface area contributed by atoms with Gasteiger partial charge in [-0.15, -0.1) is 0 Å². The molecule has 0 spiro atoms. The minimum atomic E-state index is -0.629. The van der Waals surface area contributed by atoms with E-state index in [1.54, 1.807) is 0 Å². The summed E-state index contributed by atoms with van der Waals surface area (Å²) in [5, 5.41) is 9.00. The van der Waals surface area contributed by atoms with E-state index in [1.165, 1.54) is 5.56 Å². The number of carbonyl (C=O) groups is 1. The van der Waals surface area contributed by atoms with E-state index in [2.05, 4.69) is 12.1 Å². The fourth-order valence-electron chi connectivity index (χ4n) is 2.44. The maximum atomic E-state index is 10.9. The summed E-state index contributed by atoms with van der Waals surface area (Å²) in [5.74, 6) is -0.319. The summed E-state index contributed by atoms with van der Waals surface area (Å²) >= 11 is 0. The Hall–Kier alpha value is -1.31. The van der Waals surface area contributed by atoms with Gasteiger partial charge in [0.05, 0.1) is 5.92 Å². The van der Waals surface area contributed by atoms with E-state index < -0.39 is 5.97 Å². The predicted molar refractivity (Wildman–Crippen MR) is 58.8 cm³/mol. The molecular weight excluding hydrogens is 188 g/mol. The molecule has 1 aromatic carbocycles. The molecule has 0 radical (unpaired) electrons. The molecule has 1 aliphatic carbocycles. The highest BCUT2D eigenvalue weighted by molar-refractivity contribution is 5.70. The third-order valence-corrected chi connectivity index (χ3v) is 3.29. The summed E-state index contributed by atoms with van der Waals surface area (Å²) in [7, 11) is 0. The van der Waals surface area contributed by atoms with E-state index in [9.17, 15) is 4.79 Å². The van der Waals surface area contributed by atoms with Gasteiger partial charge in [-0.2, -0.15) is 0 Å². The number of hydrogen-bond donors (Lipinski definition) is 1. The van der Waals surface area contributed by atoms with Crippen LogP contribution in [0.1, 0.15) is 37.2 Å². The van der Waals surface area contributed by atoms with Gasteiger partial charge in [0.2, 0.25) is 0 Å². The molecule has 1 aliphatic rings. The van der Waals surface area contributed by atoms with Gasteiger partial charge in [-0.3, -0.25) is 4.79 Å². The molecule has 2 heteroatoms. The van der Waals surface area contributed by atoms with Gasteiger partial charge >= 0.3 is 5.97 Å². The molecule has 0 saturated heterocycles. The van der Waals surface area contributed by atoms with Crippen LogP contribution >= 0.6 is 0 Å². The van der Waals surface area contributed by atoms with Crippen LogP contribution in [0.3, 0.4) is 0 Å². The third-order valence-electron chi connectivity index (χ3n) is 3.29. The fraction of sp³-hybridized carbons (Fsp3) is 0.462. The zero-order valence-corrected chi connectivity index (χ0v) is 8.73. The quantitative estimate of drug-likeness (QED) is 0.804. The zero-order valence-electron chi connectivity index (χ0n) is 8.73. The molecule has 2 atom stereocenters. The summed E-state index contributed by atoms with van der Waals surface area (Å²) in [6.45, 7) is 0. The monoisotopic (exact) mass is 204 g/mol. The standard InChI is InChI=1S/C13H16O2/c14-13(15)12-8-4-7-11(9-12)10-5-2-1-3-6-10/h1-3,5-6,11-12H,4,7-9H2,(H,14,15)/t11-,12-/m0/s1. The first-order valence-corrected chi connectivity index (χ1v) is 5.55. The highest BCUT2D eigenvalue weighted by Crippen LogP contribution is 2.35. The molecule has 0 aromatic heterocycles. The van der Waals surface area contributed by atoms with Crippen molar-refractivity contribution in [1.82, 2.24) is 0 Å². The number of benzene rings is 1. The molecule has 0 bridgehead atoms. The molecular formula is C13H16O2. The number of hydrogen-bond acceptors (Lipinski definition) is 1. The normalized spacial score (nSPS) is 26.1. The van der Waals surface area contributed by atoms with Crippen molar-refractivity contribution in [3.05, 3.63) is 35.9 Å². The first-order valence-electron chi connectivity index (χ1n) is 5.55. The Morgan fingerprint density at radius 3 is 2.60 bits per heavy atom. The van der Waals surface area contributed by atoms with Crippen molar-refractivity contribution >= 4 is 5.97 Å². The lowest BCUT2D eigenvalue weighted by Crippen LogP contribution is -2.21. The molecule has 0 aliphatic heterocycles. The highest BCUT2D eigenvalue weighted by atomic mass is 16.4. The smallest absolute Gasteiger partial charge is 0.306 e. The predicted octanol–water partition coefficient (Wildman–Crippen LogP) is 3.05. The summed E-state index contributed by atoms with van der Waals surface area (Å²) in [6.07, 6.45) is 3.82. The second-order valence-corrected chi connectivity index (χ2v) is 4.31. The molecule has 2 nitrogen and oxygen atoms in total. The number of aliphatic carboxylic acids is 1. The van der Waals surface area contributed by atoms with Crippen molar-refractivity contribution in [2.45, 2.75) is 31.6 Å². The topological polar surface area (TPSA) is 37.3 Å². The molecule has 1 aromatic rings. The van der Waals surface area contributed by atoms with E-state index in [-0.39, 0.29) is 5.92 Å². The van der Waals surface area contributed by atoms with Gasteiger partial charge in [0.15, 0.2) is 0 Å². The van der Waals surface area contributed by atoms with Crippen LogP contribution in [0.4, 0.5) is 0 Å². The number of rotatable bonds is 2. The maximum absolute atomic E-state index is 10.9. The van der Waals surface area contributed by atoms with Gasteiger partial charge in [-0.25, -0.2) is 0 Å². The van der Waals surface area contributed by atoms with Crippen molar-refractivity contribution in [2.24, 2.45) is 5.92 Å². The maximum Gasteiger partial charge on any atom is 0.306 e. The third kappa shape index (κ3) is 2.38. The van der Waals surface area contributed by atoms with Crippen LogP contribution in [0.2, 0.25) is 0 Å². The molecule has 1 fully saturated rings. The average molecular weight is 204 g/mol. The van der Waals surface area contributed by atoms with E-state index >= 15 is 0 Å². The first kappa shape index (κ1) is 10.2. The number of carboxylic acid groups (broad SMARTS) is 1. The average Bonchev–Trinajstić information content (AvgIpc) is 2.30. The van der Waals surface area contributed by atoms with E-state index in [4.69, 9.17) is 5.11 Å². The van der Waals surface area contributed by atoms with Crippen LogP contribution in [0.15, 0.2) is 30.3 Å². The second-order valence-electron chi connectivity index (χ2n) is 4.31. The van der Waals surface area contributed by atoms with E-state index in [1.807, 2.05) is 18.2 Å². The molecule has 15 heavy (non-hydrogen) atoms. The fourth-order valence-corrected chi connectivity index (χ4v) is 2.44. The summed E-state index contributed by atoms with van der Waals surface area (Å²) < 4.78 is 0. The van der Waals surface area contributed by atoms with Gasteiger partial charge in [0.25, 0.3) is 0 Å². The van der Waals surface area contributed by atoms with E-state index in [0.717, 1.165) is 25.7 Å². The van der Waals surface area contributed by atoms with Gasteiger partial charge in [-0.1, -0.05) is 36.8 Å².